The highest BCUT2D eigenvalue weighted by Crippen LogP contribution is 2.22. The van der Waals surface area contributed by atoms with Crippen molar-refractivity contribution in [3.05, 3.63) is 89.5 Å². The summed E-state index contributed by atoms with van der Waals surface area (Å²) in [6.07, 6.45) is 0.168. The molecule has 0 aliphatic carbocycles. The van der Waals surface area contributed by atoms with Crippen molar-refractivity contribution in [2.45, 2.75) is 13.0 Å². The maximum Gasteiger partial charge on any atom is 0.314 e. The zero-order valence-electron chi connectivity index (χ0n) is 15.8. The lowest BCUT2D eigenvalue weighted by atomic mass is 10.2. The minimum Gasteiger partial charge on any atom is -0.471 e. The Bertz CT molecular complexity index is 1230. The van der Waals surface area contributed by atoms with Gasteiger partial charge in [0.25, 0.3) is 5.89 Å². The van der Waals surface area contributed by atoms with Crippen molar-refractivity contribution in [1.82, 2.24) is 20.2 Å². The quantitative estimate of drug-likeness (QED) is 0.438. The number of halogens is 3. The highest BCUT2D eigenvalue weighted by Gasteiger charge is 2.17. The Morgan fingerprint density at radius 2 is 1.74 bits per heavy atom. The molecule has 0 fully saturated rings. The van der Waals surface area contributed by atoms with Gasteiger partial charge in [0.1, 0.15) is 12.4 Å². The van der Waals surface area contributed by atoms with Crippen molar-refractivity contribution in [3.63, 3.8) is 0 Å². The summed E-state index contributed by atoms with van der Waals surface area (Å²) in [5.74, 6) is 5.17. The van der Waals surface area contributed by atoms with Crippen molar-refractivity contribution in [2.24, 2.45) is 0 Å². The van der Waals surface area contributed by atoms with Gasteiger partial charge in [-0.05, 0) is 42.5 Å². The van der Waals surface area contributed by atoms with Gasteiger partial charge in [0.05, 0.1) is 11.3 Å². The average molecular weight is 422 g/mol. The number of benzene rings is 1. The van der Waals surface area contributed by atoms with Crippen molar-refractivity contribution in [3.8, 4) is 29.2 Å². The first-order chi connectivity index (χ1) is 15.1. The Hall–Kier alpha value is -4.19. The number of nitrogens with zero attached hydrogens (tertiary/aromatic N) is 4. The molecule has 0 N–H and O–H groups in total. The molecule has 9 heteroatoms. The highest BCUT2D eigenvalue weighted by atomic mass is 19.3. The molecule has 0 aliphatic heterocycles. The fourth-order valence-electron chi connectivity index (χ4n) is 2.47. The van der Waals surface area contributed by atoms with Crippen LogP contribution in [0.1, 0.15) is 29.1 Å². The first-order valence-electron chi connectivity index (χ1n) is 9.00. The summed E-state index contributed by atoms with van der Waals surface area (Å²) >= 11 is 0. The number of alkyl halides is 2. The Morgan fingerprint density at radius 1 is 0.935 bits per heavy atom. The average Bonchev–Trinajstić information content (AvgIpc) is 3.29. The minimum absolute atomic E-state index is 0.0376. The van der Waals surface area contributed by atoms with Gasteiger partial charge in [-0.2, -0.15) is 8.78 Å². The van der Waals surface area contributed by atoms with E-state index in [1.807, 2.05) is 0 Å². The van der Waals surface area contributed by atoms with Crippen LogP contribution in [-0.4, -0.2) is 20.2 Å². The minimum atomic E-state index is -2.83. The van der Waals surface area contributed by atoms with Gasteiger partial charge in [0, 0.05) is 29.6 Å². The number of ether oxygens (including phenoxy) is 1. The Kier molecular flexibility index (Phi) is 5.89. The van der Waals surface area contributed by atoms with Gasteiger partial charge >= 0.3 is 6.43 Å². The molecule has 0 bridgehead atoms. The molecular weight excluding hydrogens is 409 g/mol. The molecule has 0 spiro atoms. The van der Waals surface area contributed by atoms with E-state index in [0.717, 1.165) is 0 Å². The summed E-state index contributed by atoms with van der Waals surface area (Å²) < 4.78 is 48.6. The maximum atomic E-state index is 13.0. The van der Waals surface area contributed by atoms with Crippen LogP contribution in [-0.2, 0) is 6.61 Å². The van der Waals surface area contributed by atoms with Crippen LogP contribution in [0.4, 0.5) is 13.2 Å². The van der Waals surface area contributed by atoms with Gasteiger partial charge in [0.2, 0.25) is 11.8 Å². The summed E-state index contributed by atoms with van der Waals surface area (Å²) in [5, 5.41) is 6.86. The largest absolute Gasteiger partial charge is 0.471 e. The van der Waals surface area contributed by atoms with Crippen molar-refractivity contribution in [1.29, 1.82) is 0 Å². The van der Waals surface area contributed by atoms with Crippen molar-refractivity contribution < 1.29 is 22.3 Å². The molecule has 0 saturated heterocycles. The first kappa shape index (κ1) is 20.1. The fourth-order valence-corrected chi connectivity index (χ4v) is 2.47. The fraction of sp³-hybridized carbons (Fsp3) is 0.0909. The molecule has 4 rings (SSSR count). The normalized spacial score (nSPS) is 10.6. The number of aromatic nitrogens is 4. The third kappa shape index (κ3) is 5.25. The Labute approximate surface area is 174 Å². The van der Waals surface area contributed by atoms with Crippen LogP contribution in [0.3, 0.4) is 0 Å². The van der Waals surface area contributed by atoms with E-state index in [4.69, 9.17) is 9.15 Å². The first-order valence-corrected chi connectivity index (χ1v) is 9.00. The number of hydrogen-bond acceptors (Lipinski definition) is 6. The monoisotopic (exact) mass is 422 g/mol. The highest BCUT2D eigenvalue weighted by molar-refractivity contribution is 5.50. The van der Waals surface area contributed by atoms with E-state index >= 15 is 0 Å². The Morgan fingerprint density at radius 3 is 2.45 bits per heavy atom. The summed E-state index contributed by atoms with van der Waals surface area (Å²) in [7, 11) is 0. The van der Waals surface area contributed by atoms with Crippen LogP contribution in [0.15, 0.2) is 65.3 Å². The van der Waals surface area contributed by atoms with Crippen LogP contribution in [0.5, 0.6) is 5.88 Å². The molecule has 6 nitrogen and oxygen atoms in total. The SMILES string of the molecule is Fc1ccc(C#Cc2ccnc(OCc3ccc(-c4nnc(C(F)F)o4)cn3)c2)cc1. The number of rotatable bonds is 5. The summed E-state index contributed by atoms with van der Waals surface area (Å²) in [6, 6.07) is 12.6. The molecule has 1 aromatic carbocycles. The second-order valence-corrected chi connectivity index (χ2v) is 6.21. The zero-order chi connectivity index (χ0) is 21.6. The summed E-state index contributed by atoms with van der Waals surface area (Å²) in [4.78, 5) is 8.34. The molecule has 0 atom stereocenters. The molecule has 154 valence electrons. The molecule has 4 aromatic rings. The standard InChI is InChI=1S/C22H13F3N4O2/c23-17-6-3-14(4-7-17)1-2-15-9-10-26-19(11-15)30-13-18-8-5-16(12-27-18)21-28-29-22(31-21)20(24)25/h3-12,20H,13H2. The van der Waals surface area contributed by atoms with E-state index < -0.39 is 12.3 Å². The van der Waals surface area contributed by atoms with Gasteiger partial charge in [-0.15, -0.1) is 10.2 Å². The molecule has 3 heterocycles. The number of hydrogen-bond donors (Lipinski definition) is 0. The lowest BCUT2D eigenvalue weighted by Gasteiger charge is -2.05. The van der Waals surface area contributed by atoms with E-state index in [2.05, 4.69) is 32.0 Å². The summed E-state index contributed by atoms with van der Waals surface area (Å²) in [6.45, 7) is 0.133. The van der Waals surface area contributed by atoms with E-state index in [-0.39, 0.29) is 18.3 Å². The summed E-state index contributed by atoms with van der Waals surface area (Å²) in [5.41, 5.74) is 2.37. The molecule has 0 aliphatic rings. The van der Waals surface area contributed by atoms with Crippen LogP contribution in [0.2, 0.25) is 0 Å². The molecule has 0 saturated carbocycles. The lowest BCUT2D eigenvalue weighted by molar-refractivity contribution is 0.116. The lowest BCUT2D eigenvalue weighted by Crippen LogP contribution is -1.99. The predicted molar refractivity (Wildman–Crippen MR) is 103 cm³/mol. The van der Waals surface area contributed by atoms with Gasteiger partial charge < -0.3 is 9.15 Å². The third-order valence-corrected chi connectivity index (χ3v) is 4.00. The second-order valence-electron chi connectivity index (χ2n) is 6.21. The van der Waals surface area contributed by atoms with Gasteiger partial charge in [-0.25, -0.2) is 9.37 Å². The maximum absolute atomic E-state index is 13.0. The van der Waals surface area contributed by atoms with Crippen LogP contribution in [0.25, 0.3) is 11.5 Å². The predicted octanol–water partition coefficient (Wildman–Crippen LogP) is 4.58. The molecular formula is C22H13F3N4O2. The van der Waals surface area contributed by atoms with Crippen LogP contribution >= 0.6 is 0 Å². The molecule has 0 amide bonds. The molecule has 0 radical (unpaired) electrons. The van der Waals surface area contributed by atoms with E-state index in [0.29, 0.717) is 28.3 Å². The van der Waals surface area contributed by atoms with Crippen molar-refractivity contribution in [2.75, 3.05) is 0 Å². The Balaban J connectivity index is 1.39. The third-order valence-electron chi connectivity index (χ3n) is 4.00. The van der Waals surface area contributed by atoms with Crippen molar-refractivity contribution >= 4 is 0 Å². The second kappa shape index (κ2) is 9.09. The molecule has 0 unspecified atom stereocenters. The molecule has 31 heavy (non-hydrogen) atoms. The van der Waals surface area contributed by atoms with Gasteiger partial charge in [0.15, 0.2) is 0 Å². The van der Waals surface area contributed by atoms with Gasteiger partial charge in [-0.1, -0.05) is 11.8 Å². The van der Waals surface area contributed by atoms with E-state index in [1.165, 1.54) is 18.3 Å². The smallest absolute Gasteiger partial charge is 0.314 e. The van der Waals surface area contributed by atoms with E-state index in [1.54, 1.807) is 42.6 Å². The van der Waals surface area contributed by atoms with Crippen LogP contribution < -0.4 is 4.74 Å². The van der Waals surface area contributed by atoms with Crippen LogP contribution in [0, 0.1) is 17.7 Å². The van der Waals surface area contributed by atoms with Gasteiger partial charge in [-0.3, -0.25) is 4.98 Å². The zero-order valence-corrected chi connectivity index (χ0v) is 15.8. The number of pyridine rings is 2. The molecule has 3 aromatic heterocycles. The van der Waals surface area contributed by atoms with E-state index in [9.17, 15) is 13.2 Å². The topological polar surface area (TPSA) is 73.9 Å².